The Hall–Kier alpha value is -0.740. The van der Waals surface area contributed by atoms with Gasteiger partial charge in [-0.3, -0.25) is 0 Å². The van der Waals surface area contributed by atoms with E-state index in [0.29, 0.717) is 0 Å². The van der Waals surface area contributed by atoms with Gasteiger partial charge in [-0.25, -0.2) is 0 Å². The fraction of sp³-hybridized carbons (Fsp3) is 0.333. The Morgan fingerprint density at radius 1 is 1.21 bits per heavy atom. The second kappa shape index (κ2) is 4.67. The van der Waals surface area contributed by atoms with Crippen LogP contribution in [0.1, 0.15) is 35.6 Å². The van der Waals surface area contributed by atoms with Crippen LogP contribution in [0.4, 0.5) is 0 Å². The summed E-state index contributed by atoms with van der Waals surface area (Å²) in [6.45, 7) is 5.15. The number of hydrogen-bond donors (Lipinski definition) is 0. The summed E-state index contributed by atoms with van der Waals surface area (Å²) < 4.78 is 12.1. The zero-order valence-electron chi connectivity index (χ0n) is 10.7. The number of benzene rings is 1. The average molecular weight is 386 g/mol. The van der Waals surface area contributed by atoms with Crippen molar-refractivity contribution < 1.29 is 9.15 Å². The zero-order valence-corrected chi connectivity index (χ0v) is 13.9. The molecule has 1 aromatic heterocycles. The number of alkyl halides is 1. The highest BCUT2D eigenvalue weighted by atomic mass is 79.9. The first-order valence-corrected chi connectivity index (χ1v) is 7.85. The number of hydrogen-bond acceptors (Lipinski definition) is 2. The zero-order chi connectivity index (χ0) is 13.6. The molecule has 0 bridgehead atoms. The minimum Gasteiger partial charge on any atom is -0.492 e. The molecule has 100 valence electrons. The molecule has 1 unspecified atom stereocenters. The van der Waals surface area contributed by atoms with Gasteiger partial charge in [0.25, 0.3) is 0 Å². The van der Waals surface area contributed by atoms with Crippen molar-refractivity contribution >= 4 is 31.9 Å². The Morgan fingerprint density at radius 2 is 2.00 bits per heavy atom. The quantitative estimate of drug-likeness (QED) is 0.663. The van der Waals surface area contributed by atoms with Crippen LogP contribution in [0.5, 0.6) is 5.75 Å². The van der Waals surface area contributed by atoms with Crippen molar-refractivity contribution in [3.05, 3.63) is 51.9 Å². The van der Waals surface area contributed by atoms with Gasteiger partial charge in [0, 0.05) is 11.0 Å². The van der Waals surface area contributed by atoms with Gasteiger partial charge in [0.05, 0.1) is 11.4 Å². The predicted octanol–water partition coefficient (Wildman–Crippen LogP) is 5.20. The largest absolute Gasteiger partial charge is 0.492 e. The number of halogens is 2. The van der Waals surface area contributed by atoms with Crippen LogP contribution in [-0.4, -0.2) is 6.61 Å². The first-order valence-electron chi connectivity index (χ1n) is 6.14. The van der Waals surface area contributed by atoms with Crippen LogP contribution in [0.2, 0.25) is 0 Å². The third-order valence-corrected chi connectivity index (χ3v) is 4.86. The molecule has 2 aromatic rings. The van der Waals surface area contributed by atoms with Crippen LogP contribution in [0.3, 0.4) is 0 Å². The van der Waals surface area contributed by atoms with Crippen LogP contribution < -0.4 is 4.74 Å². The molecule has 0 radical (unpaired) electrons. The number of furan rings is 1. The molecule has 0 fully saturated rings. The molecule has 2 heterocycles. The molecule has 19 heavy (non-hydrogen) atoms. The lowest BCUT2D eigenvalue weighted by Gasteiger charge is -2.17. The molecule has 3 rings (SSSR count). The lowest BCUT2D eigenvalue weighted by atomic mass is 9.86. The van der Waals surface area contributed by atoms with Crippen LogP contribution in [0.15, 0.2) is 39.4 Å². The van der Waals surface area contributed by atoms with Crippen LogP contribution in [-0.2, 0) is 5.41 Å². The SMILES string of the molecule is CC1(C)COc2ccc(C(Br)c3ccc(Br)o3)cc21. The van der Waals surface area contributed by atoms with Gasteiger partial charge in [-0.15, -0.1) is 0 Å². The third kappa shape index (κ3) is 2.36. The first kappa shape index (κ1) is 13.3. The molecule has 2 nitrogen and oxygen atoms in total. The monoisotopic (exact) mass is 384 g/mol. The fourth-order valence-corrected chi connectivity index (χ4v) is 3.17. The Labute approximate surface area is 129 Å². The van der Waals surface area contributed by atoms with Crippen molar-refractivity contribution in [2.75, 3.05) is 6.61 Å². The summed E-state index contributed by atoms with van der Waals surface area (Å²) in [6, 6.07) is 10.2. The average Bonchev–Trinajstić information content (AvgIpc) is 2.93. The normalized spacial score (nSPS) is 17.9. The van der Waals surface area contributed by atoms with E-state index >= 15 is 0 Å². The summed E-state index contributed by atoms with van der Waals surface area (Å²) in [5.41, 5.74) is 2.51. The van der Waals surface area contributed by atoms with Gasteiger partial charge in [0.15, 0.2) is 4.67 Å². The smallest absolute Gasteiger partial charge is 0.169 e. The Balaban J connectivity index is 1.99. The minimum absolute atomic E-state index is 0.0560. The van der Waals surface area contributed by atoms with Crippen molar-refractivity contribution in [3.8, 4) is 5.75 Å². The summed E-state index contributed by atoms with van der Waals surface area (Å²) >= 11 is 7.03. The van der Waals surface area contributed by atoms with E-state index in [-0.39, 0.29) is 10.2 Å². The van der Waals surface area contributed by atoms with E-state index in [1.54, 1.807) is 0 Å². The van der Waals surface area contributed by atoms with Gasteiger partial charge >= 0.3 is 0 Å². The standard InChI is InChI=1S/C15H14Br2O2/c1-15(2)8-18-11-4-3-9(7-10(11)15)14(17)12-5-6-13(16)19-12/h3-7,14H,8H2,1-2H3. The summed E-state index contributed by atoms with van der Waals surface area (Å²) in [7, 11) is 0. The molecular formula is C15H14Br2O2. The van der Waals surface area contributed by atoms with E-state index in [9.17, 15) is 0 Å². The molecule has 0 aliphatic carbocycles. The maximum Gasteiger partial charge on any atom is 0.169 e. The van der Waals surface area contributed by atoms with Gasteiger partial charge in [-0.05, 0) is 45.8 Å². The maximum absolute atomic E-state index is 5.71. The van der Waals surface area contributed by atoms with E-state index in [0.717, 1.165) is 22.8 Å². The summed E-state index contributed by atoms with van der Waals surface area (Å²) in [4.78, 5) is 0.0560. The molecule has 1 aliphatic heterocycles. The Bertz CT molecular complexity index is 616. The highest BCUT2D eigenvalue weighted by Crippen LogP contribution is 2.42. The summed E-state index contributed by atoms with van der Waals surface area (Å²) in [6.07, 6.45) is 0. The third-order valence-electron chi connectivity index (χ3n) is 3.46. The van der Waals surface area contributed by atoms with Gasteiger partial charge in [0.2, 0.25) is 0 Å². The lowest BCUT2D eigenvalue weighted by molar-refractivity contribution is 0.291. The van der Waals surface area contributed by atoms with Crippen molar-refractivity contribution in [2.24, 2.45) is 0 Å². The van der Waals surface area contributed by atoms with Crippen molar-refractivity contribution in [3.63, 3.8) is 0 Å². The van der Waals surface area contributed by atoms with Gasteiger partial charge in [-0.1, -0.05) is 35.8 Å². The molecule has 0 amide bonds. The topological polar surface area (TPSA) is 22.4 Å². The van der Waals surface area contributed by atoms with Gasteiger partial charge in [-0.2, -0.15) is 0 Å². The van der Waals surface area contributed by atoms with Crippen molar-refractivity contribution in [2.45, 2.75) is 24.1 Å². The molecule has 0 spiro atoms. The van der Waals surface area contributed by atoms with Crippen LogP contribution in [0, 0.1) is 0 Å². The lowest BCUT2D eigenvalue weighted by Crippen LogP contribution is -2.18. The molecule has 0 saturated carbocycles. The fourth-order valence-electron chi connectivity index (χ4n) is 2.32. The number of rotatable bonds is 2. The van der Waals surface area contributed by atoms with Crippen LogP contribution >= 0.6 is 31.9 Å². The molecular weight excluding hydrogens is 372 g/mol. The van der Waals surface area contributed by atoms with Crippen molar-refractivity contribution in [1.82, 2.24) is 0 Å². The Morgan fingerprint density at radius 3 is 2.68 bits per heavy atom. The molecule has 1 aliphatic rings. The maximum atomic E-state index is 5.71. The highest BCUT2D eigenvalue weighted by Gasteiger charge is 2.32. The molecule has 1 aromatic carbocycles. The number of ether oxygens (including phenoxy) is 1. The van der Waals surface area contributed by atoms with E-state index in [4.69, 9.17) is 9.15 Å². The van der Waals surface area contributed by atoms with Crippen LogP contribution in [0.25, 0.3) is 0 Å². The second-order valence-corrected chi connectivity index (χ2v) is 7.13. The summed E-state index contributed by atoms with van der Waals surface area (Å²) in [5, 5.41) is 0. The predicted molar refractivity (Wildman–Crippen MR) is 82.1 cm³/mol. The van der Waals surface area contributed by atoms with E-state index in [1.165, 1.54) is 11.1 Å². The molecule has 0 saturated heterocycles. The molecule has 1 atom stereocenters. The minimum atomic E-state index is 0.0560. The molecule has 4 heteroatoms. The Kier molecular flexibility index (Phi) is 3.26. The first-order chi connectivity index (χ1) is 8.97. The van der Waals surface area contributed by atoms with E-state index in [1.807, 2.05) is 18.2 Å². The number of fused-ring (bicyclic) bond motifs is 1. The second-order valence-electron chi connectivity index (χ2n) is 5.43. The highest BCUT2D eigenvalue weighted by molar-refractivity contribution is 9.10. The van der Waals surface area contributed by atoms with E-state index in [2.05, 4.69) is 57.8 Å². The van der Waals surface area contributed by atoms with E-state index < -0.39 is 0 Å². The van der Waals surface area contributed by atoms with Gasteiger partial charge in [0.1, 0.15) is 11.5 Å². The van der Waals surface area contributed by atoms with Crippen molar-refractivity contribution in [1.29, 1.82) is 0 Å². The van der Waals surface area contributed by atoms with Gasteiger partial charge < -0.3 is 9.15 Å². The summed E-state index contributed by atoms with van der Waals surface area (Å²) in [5.74, 6) is 1.89. The molecule has 0 N–H and O–H groups in total.